The molecule has 3 heteroatoms. The first-order chi connectivity index (χ1) is 4.22. The third-order valence-electron chi connectivity index (χ3n) is 1.15. The number of hydrogen-bond donors (Lipinski definition) is 0. The average Bonchev–Trinajstić information content (AvgIpc) is 1.87. The van der Waals surface area contributed by atoms with Gasteiger partial charge in [0.15, 0.2) is 0 Å². The van der Waals surface area contributed by atoms with Crippen molar-refractivity contribution in [2.45, 2.75) is 13.3 Å². The molecule has 0 aromatic heterocycles. The highest BCUT2D eigenvalue weighted by atomic mass is 79.9. The zero-order chi connectivity index (χ0) is 7.28. The maximum atomic E-state index is 10.7. The molecule has 0 amide bonds. The van der Waals surface area contributed by atoms with Crippen LogP contribution in [0.5, 0.6) is 0 Å². The Morgan fingerprint density at radius 3 is 2.67 bits per heavy atom. The van der Waals surface area contributed by atoms with Gasteiger partial charge < -0.3 is 4.74 Å². The predicted octanol–water partition coefficient (Wildman–Crippen LogP) is 1.58. The van der Waals surface area contributed by atoms with Crippen LogP contribution in [0.15, 0.2) is 0 Å². The third kappa shape index (κ3) is 3.51. The number of alkyl halides is 1. The summed E-state index contributed by atoms with van der Waals surface area (Å²) in [6, 6.07) is 0. The molecule has 0 spiro atoms. The van der Waals surface area contributed by atoms with Gasteiger partial charge in [0, 0.05) is 5.33 Å². The monoisotopic (exact) mass is 194 g/mol. The van der Waals surface area contributed by atoms with Crippen molar-refractivity contribution in [3.8, 4) is 0 Å². The number of methoxy groups -OCH3 is 1. The molecule has 0 radical (unpaired) electrons. The van der Waals surface area contributed by atoms with E-state index in [1.807, 2.05) is 6.92 Å². The van der Waals surface area contributed by atoms with E-state index in [0.29, 0.717) is 0 Å². The van der Waals surface area contributed by atoms with E-state index in [-0.39, 0.29) is 11.9 Å². The summed E-state index contributed by atoms with van der Waals surface area (Å²) in [6.07, 6.45) is 0.840. The quantitative estimate of drug-likeness (QED) is 0.504. The first kappa shape index (κ1) is 8.95. The molecule has 0 unspecified atom stereocenters. The van der Waals surface area contributed by atoms with Gasteiger partial charge >= 0.3 is 5.97 Å². The highest BCUT2D eigenvalue weighted by molar-refractivity contribution is 9.09. The van der Waals surface area contributed by atoms with Crippen molar-refractivity contribution in [2.24, 2.45) is 5.92 Å². The summed E-state index contributed by atoms with van der Waals surface area (Å²) in [7, 11) is 1.41. The van der Waals surface area contributed by atoms with Crippen LogP contribution in [0.4, 0.5) is 0 Å². The Labute approximate surface area is 63.7 Å². The van der Waals surface area contributed by atoms with E-state index in [1.54, 1.807) is 0 Å². The minimum absolute atomic E-state index is 0.0226. The smallest absolute Gasteiger partial charge is 0.308 e. The first-order valence-corrected chi connectivity index (χ1v) is 3.98. The number of esters is 1. The van der Waals surface area contributed by atoms with Gasteiger partial charge in [0.25, 0.3) is 0 Å². The molecule has 0 aliphatic heterocycles. The normalized spacial score (nSPS) is 12.8. The zero-order valence-corrected chi connectivity index (χ0v) is 7.27. The molecule has 2 nitrogen and oxygen atoms in total. The lowest BCUT2D eigenvalue weighted by atomic mass is 10.1. The second-order valence-electron chi connectivity index (χ2n) is 1.90. The third-order valence-corrected chi connectivity index (χ3v) is 1.60. The van der Waals surface area contributed by atoms with Gasteiger partial charge in [-0.05, 0) is 6.42 Å². The van der Waals surface area contributed by atoms with Crippen LogP contribution < -0.4 is 0 Å². The highest BCUT2D eigenvalue weighted by Gasteiger charge is 2.10. The van der Waals surface area contributed by atoms with Gasteiger partial charge in [-0.15, -0.1) is 0 Å². The summed E-state index contributed by atoms with van der Waals surface area (Å²) in [5, 5.41) is 0.850. The standard InChI is InChI=1S/C6H11BrO2/c1-5(3-4-7)6(8)9-2/h5H,3-4H2,1-2H3/t5-/m0/s1. The lowest BCUT2D eigenvalue weighted by Gasteiger charge is -2.04. The van der Waals surface area contributed by atoms with Crippen molar-refractivity contribution in [2.75, 3.05) is 12.4 Å². The van der Waals surface area contributed by atoms with E-state index < -0.39 is 0 Å². The number of carbonyl (C=O) groups excluding carboxylic acids is 1. The number of halogens is 1. The lowest BCUT2D eigenvalue weighted by molar-refractivity contribution is -0.144. The second-order valence-corrected chi connectivity index (χ2v) is 2.69. The summed E-state index contributed by atoms with van der Waals surface area (Å²) in [4.78, 5) is 10.7. The molecule has 0 fully saturated rings. The van der Waals surface area contributed by atoms with Crippen molar-refractivity contribution in [1.29, 1.82) is 0 Å². The summed E-state index contributed by atoms with van der Waals surface area (Å²) in [5.41, 5.74) is 0. The van der Waals surface area contributed by atoms with Crippen LogP contribution in [0.1, 0.15) is 13.3 Å². The van der Waals surface area contributed by atoms with E-state index in [4.69, 9.17) is 0 Å². The van der Waals surface area contributed by atoms with Crippen LogP contribution in [0, 0.1) is 5.92 Å². The van der Waals surface area contributed by atoms with Crippen LogP contribution >= 0.6 is 15.9 Å². The van der Waals surface area contributed by atoms with Crippen molar-refractivity contribution in [1.82, 2.24) is 0 Å². The van der Waals surface area contributed by atoms with Crippen LogP contribution in [-0.4, -0.2) is 18.4 Å². The van der Waals surface area contributed by atoms with Gasteiger partial charge in [0.05, 0.1) is 13.0 Å². The number of ether oxygens (including phenoxy) is 1. The van der Waals surface area contributed by atoms with Crippen LogP contribution in [0.3, 0.4) is 0 Å². The van der Waals surface area contributed by atoms with E-state index in [9.17, 15) is 4.79 Å². The topological polar surface area (TPSA) is 26.3 Å². The number of carbonyl (C=O) groups is 1. The Morgan fingerprint density at radius 1 is 1.78 bits per heavy atom. The van der Waals surface area contributed by atoms with Gasteiger partial charge in [0.1, 0.15) is 0 Å². The molecule has 0 aliphatic carbocycles. The van der Waals surface area contributed by atoms with Gasteiger partial charge in [-0.2, -0.15) is 0 Å². The molecule has 1 atom stereocenters. The maximum absolute atomic E-state index is 10.7. The van der Waals surface area contributed by atoms with Crippen molar-refractivity contribution in [3.05, 3.63) is 0 Å². The fourth-order valence-electron chi connectivity index (χ4n) is 0.483. The largest absolute Gasteiger partial charge is 0.469 e. The minimum atomic E-state index is -0.130. The maximum Gasteiger partial charge on any atom is 0.308 e. The molecule has 0 N–H and O–H groups in total. The molecule has 0 aromatic carbocycles. The summed E-state index contributed by atoms with van der Waals surface area (Å²) in [5.74, 6) is -0.108. The molecule has 0 rings (SSSR count). The number of hydrogen-bond acceptors (Lipinski definition) is 2. The molecule has 0 heterocycles. The van der Waals surface area contributed by atoms with Gasteiger partial charge in [0.2, 0.25) is 0 Å². The first-order valence-electron chi connectivity index (χ1n) is 2.86. The fraction of sp³-hybridized carbons (Fsp3) is 0.833. The Balaban J connectivity index is 3.45. The summed E-state index contributed by atoms with van der Waals surface area (Å²) >= 11 is 3.24. The fourth-order valence-corrected chi connectivity index (χ4v) is 1.17. The zero-order valence-electron chi connectivity index (χ0n) is 5.69. The Kier molecular flexibility index (Phi) is 4.77. The van der Waals surface area contributed by atoms with Gasteiger partial charge in [-0.3, -0.25) is 4.79 Å². The van der Waals surface area contributed by atoms with Crippen molar-refractivity contribution >= 4 is 21.9 Å². The van der Waals surface area contributed by atoms with E-state index in [1.165, 1.54) is 7.11 Å². The molecule has 0 aromatic rings. The van der Waals surface area contributed by atoms with Crippen LogP contribution in [-0.2, 0) is 9.53 Å². The van der Waals surface area contributed by atoms with E-state index in [0.717, 1.165) is 11.8 Å². The van der Waals surface area contributed by atoms with Crippen LogP contribution in [0.25, 0.3) is 0 Å². The molecule has 0 bridgehead atoms. The molecule has 0 aliphatic rings. The Morgan fingerprint density at radius 2 is 2.33 bits per heavy atom. The molecular weight excluding hydrogens is 184 g/mol. The molecule has 9 heavy (non-hydrogen) atoms. The van der Waals surface area contributed by atoms with Crippen LogP contribution in [0.2, 0.25) is 0 Å². The summed E-state index contributed by atoms with van der Waals surface area (Å²) < 4.78 is 4.50. The van der Waals surface area contributed by atoms with Crippen molar-refractivity contribution < 1.29 is 9.53 Å². The van der Waals surface area contributed by atoms with Crippen molar-refractivity contribution in [3.63, 3.8) is 0 Å². The second kappa shape index (κ2) is 4.79. The molecule has 54 valence electrons. The number of rotatable bonds is 3. The molecule has 0 saturated carbocycles. The Bertz CT molecular complexity index is 93.1. The van der Waals surface area contributed by atoms with Gasteiger partial charge in [-0.25, -0.2) is 0 Å². The minimum Gasteiger partial charge on any atom is -0.469 e. The average molecular weight is 195 g/mol. The summed E-state index contributed by atoms with van der Waals surface area (Å²) in [6.45, 7) is 1.85. The molecule has 0 saturated heterocycles. The molecular formula is C6H11BrO2. The predicted molar refractivity (Wildman–Crippen MR) is 39.6 cm³/mol. The highest BCUT2D eigenvalue weighted by Crippen LogP contribution is 2.05. The van der Waals surface area contributed by atoms with E-state index >= 15 is 0 Å². The van der Waals surface area contributed by atoms with E-state index in [2.05, 4.69) is 20.7 Å². The Hall–Kier alpha value is -0.0500. The lowest BCUT2D eigenvalue weighted by Crippen LogP contribution is -2.12. The van der Waals surface area contributed by atoms with Gasteiger partial charge in [-0.1, -0.05) is 22.9 Å². The SMILES string of the molecule is COC(=O)[C@@H](C)CCBr.